The number of aryl methyl sites for hydroxylation is 1. The average Bonchev–Trinajstić information content (AvgIpc) is 3.33. The second-order valence-electron chi connectivity index (χ2n) is 10.2. The molecular weight excluding hydrogens is 474 g/mol. The number of aromatic amines is 1. The number of aromatic nitrogens is 1. The summed E-state index contributed by atoms with van der Waals surface area (Å²) in [5.74, 6) is 0.596. The van der Waals surface area contributed by atoms with Crippen molar-refractivity contribution < 1.29 is 14.3 Å². The van der Waals surface area contributed by atoms with Crippen molar-refractivity contribution in [2.75, 3.05) is 26.2 Å². The molecule has 0 aliphatic heterocycles. The molecule has 198 valence electrons. The molecule has 0 saturated heterocycles. The normalized spacial score (nSPS) is 11.1. The van der Waals surface area contributed by atoms with Gasteiger partial charge < -0.3 is 19.5 Å². The minimum absolute atomic E-state index is 0.0227. The highest BCUT2D eigenvalue weighted by Gasteiger charge is 2.23. The van der Waals surface area contributed by atoms with E-state index in [0.29, 0.717) is 25.4 Å². The molecule has 3 aromatic carbocycles. The summed E-state index contributed by atoms with van der Waals surface area (Å²) in [4.78, 5) is 33.6. The molecule has 0 radical (unpaired) electrons. The van der Waals surface area contributed by atoms with Crippen LogP contribution in [0, 0.1) is 12.8 Å². The topological polar surface area (TPSA) is 65.6 Å². The molecule has 0 unspecified atom stereocenters. The molecule has 0 bridgehead atoms. The van der Waals surface area contributed by atoms with Gasteiger partial charge in [0.1, 0.15) is 5.75 Å². The number of fused-ring (bicyclic) bond motifs is 1. The lowest BCUT2D eigenvalue weighted by Gasteiger charge is -2.29. The van der Waals surface area contributed by atoms with Gasteiger partial charge in [-0.1, -0.05) is 80.1 Å². The van der Waals surface area contributed by atoms with Gasteiger partial charge in [-0.3, -0.25) is 9.59 Å². The molecule has 4 rings (SSSR count). The number of amides is 2. The van der Waals surface area contributed by atoms with Crippen molar-refractivity contribution in [3.05, 3.63) is 102 Å². The molecule has 0 spiro atoms. The fourth-order valence-corrected chi connectivity index (χ4v) is 4.51. The van der Waals surface area contributed by atoms with Crippen LogP contribution < -0.4 is 4.74 Å². The molecule has 2 amide bonds. The van der Waals surface area contributed by atoms with Crippen LogP contribution in [0.2, 0.25) is 0 Å². The number of benzene rings is 3. The Balaban J connectivity index is 1.48. The largest absolute Gasteiger partial charge is 0.484 e. The fourth-order valence-electron chi connectivity index (χ4n) is 4.51. The van der Waals surface area contributed by atoms with E-state index in [0.717, 1.165) is 17.5 Å². The van der Waals surface area contributed by atoms with E-state index in [9.17, 15) is 9.59 Å². The third-order valence-electron chi connectivity index (χ3n) is 6.54. The quantitative estimate of drug-likeness (QED) is 0.269. The molecule has 1 aromatic heterocycles. The highest BCUT2D eigenvalue weighted by molar-refractivity contribution is 5.86. The monoisotopic (exact) mass is 511 g/mol. The SMILES string of the molecule is Cc1ccc(CN(CCc2c[nH]c3ccccc23)C(=O)CN(CC(C)C)C(=O)COc2ccccc2)cc1. The van der Waals surface area contributed by atoms with Crippen LogP contribution in [0.4, 0.5) is 0 Å². The molecule has 0 aliphatic carbocycles. The van der Waals surface area contributed by atoms with Crippen molar-refractivity contribution in [1.29, 1.82) is 0 Å². The summed E-state index contributed by atoms with van der Waals surface area (Å²) in [5, 5.41) is 1.17. The first-order valence-electron chi connectivity index (χ1n) is 13.2. The summed E-state index contributed by atoms with van der Waals surface area (Å²) in [7, 11) is 0. The van der Waals surface area contributed by atoms with Crippen molar-refractivity contribution in [3.63, 3.8) is 0 Å². The van der Waals surface area contributed by atoms with Crippen LogP contribution in [0.5, 0.6) is 5.75 Å². The minimum Gasteiger partial charge on any atom is -0.484 e. The number of nitrogens with one attached hydrogen (secondary N) is 1. The van der Waals surface area contributed by atoms with Gasteiger partial charge in [0.05, 0.1) is 6.54 Å². The predicted octanol–water partition coefficient (Wildman–Crippen LogP) is 5.61. The molecular formula is C32H37N3O3. The van der Waals surface area contributed by atoms with Gasteiger partial charge in [0.15, 0.2) is 6.61 Å². The number of rotatable bonds is 12. The van der Waals surface area contributed by atoms with Crippen molar-refractivity contribution >= 4 is 22.7 Å². The van der Waals surface area contributed by atoms with Crippen LogP contribution >= 0.6 is 0 Å². The first kappa shape index (κ1) is 27.0. The van der Waals surface area contributed by atoms with Crippen molar-refractivity contribution in [2.24, 2.45) is 5.92 Å². The summed E-state index contributed by atoms with van der Waals surface area (Å²) in [6.45, 7) is 7.60. The number of ether oxygens (including phenoxy) is 1. The Morgan fingerprint density at radius 2 is 1.58 bits per heavy atom. The van der Waals surface area contributed by atoms with Gasteiger partial charge in [0.25, 0.3) is 5.91 Å². The number of carbonyl (C=O) groups is 2. The van der Waals surface area contributed by atoms with Crippen molar-refractivity contribution in [1.82, 2.24) is 14.8 Å². The van der Waals surface area contributed by atoms with Crippen LogP contribution in [0.3, 0.4) is 0 Å². The third-order valence-corrected chi connectivity index (χ3v) is 6.54. The standard InChI is InChI=1S/C32H37N3O3/c1-24(2)20-35(32(37)23-38-28-9-5-4-6-10-28)22-31(36)34(21-26-15-13-25(3)14-16-26)18-17-27-19-33-30-12-8-7-11-29(27)30/h4-16,19,24,33H,17-18,20-23H2,1-3H3. The second kappa shape index (κ2) is 13.0. The maximum absolute atomic E-state index is 13.7. The lowest BCUT2D eigenvalue weighted by atomic mass is 10.1. The number of H-pyrrole nitrogens is 1. The summed E-state index contributed by atoms with van der Waals surface area (Å²) in [6.07, 6.45) is 2.74. The Morgan fingerprint density at radius 3 is 2.32 bits per heavy atom. The zero-order chi connectivity index (χ0) is 26.9. The van der Waals surface area contributed by atoms with Gasteiger partial charge in [-0.2, -0.15) is 0 Å². The lowest BCUT2D eigenvalue weighted by molar-refractivity contribution is -0.142. The van der Waals surface area contributed by atoms with E-state index in [1.54, 1.807) is 4.90 Å². The van der Waals surface area contributed by atoms with Crippen LogP contribution in [0.25, 0.3) is 10.9 Å². The maximum Gasteiger partial charge on any atom is 0.260 e. The Kier molecular flexibility index (Phi) is 9.20. The minimum atomic E-state index is -0.192. The highest BCUT2D eigenvalue weighted by Crippen LogP contribution is 2.19. The van der Waals surface area contributed by atoms with E-state index in [1.807, 2.05) is 67.4 Å². The second-order valence-corrected chi connectivity index (χ2v) is 10.2. The van der Waals surface area contributed by atoms with E-state index in [4.69, 9.17) is 4.74 Å². The van der Waals surface area contributed by atoms with Gasteiger partial charge in [0.2, 0.25) is 5.91 Å². The molecule has 6 heteroatoms. The van der Waals surface area contributed by atoms with Gasteiger partial charge in [0, 0.05) is 36.7 Å². The molecule has 1 N–H and O–H groups in total. The van der Waals surface area contributed by atoms with Crippen LogP contribution in [0.1, 0.15) is 30.5 Å². The van der Waals surface area contributed by atoms with E-state index in [1.165, 1.54) is 16.5 Å². The lowest BCUT2D eigenvalue weighted by Crippen LogP contribution is -2.46. The third kappa shape index (κ3) is 7.48. The molecule has 0 saturated carbocycles. The number of nitrogens with zero attached hydrogens (tertiary/aromatic N) is 2. The predicted molar refractivity (Wildman–Crippen MR) is 152 cm³/mol. The van der Waals surface area contributed by atoms with Crippen molar-refractivity contribution in [3.8, 4) is 5.75 Å². The Morgan fingerprint density at radius 1 is 0.868 bits per heavy atom. The van der Waals surface area contributed by atoms with Gasteiger partial charge in [-0.15, -0.1) is 0 Å². The molecule has 1 heterocycles. The highest BCUT2D eigenvalue weighted by atomic mass is 16.5. The van der Waals surface area contributed by atoms with E-state index in [-0.39, 0.29) is 30.9 Å². The van der Waals surface area contributed by atoms with Gasteiger partial charge in [-0.25, -0.2) is 0 Å². The zero-order valence-electron chi connectivity index (χ0n) is 22.5. The first-order chi connectivity index (χ1) is 18.4. The van der Waals surface area contributed by atoms with E-state index >= 15 is 0 Å². The number of hydrogen-bond donors (Lipinski definition) is 1. The number of hydrogen-bond acceptors (Lipinski definition) is 3. The first-order valence-corrected chi connectivity index (χ1v) is 13.2. The Labute approximate surface area is 225 Å². The number of para-hydroxylation sites is 2. The molecule has 38 heavy (non-hydrogen) atoms. The summed E-state index contributed by atoms with van der Waals surface area (Å²) in [6, 6.07) is 25.7. The molecule has 4 aromatic rings. The average molecular weight is 512 g/mol. The summed E-state index contributed by atoms with van der Waals surface area (Å²) >= 11 is 0. The maximum atomic E-state index is 13.7. The van der Waals surface area contributed by atoms with Crippen molar-refractivity contribution in [2.45, 2.75) is 33.7 Å². The molecule has 0 fully saturated rings. The van der Waals surface area contributed by atoms with E-state index < -0.39 is 0 Å². The molecule has 6 nitrogen and oxygen atoms in total. The number of carbonyl (C=O) groups excluding carboxylic acids is 2. The van der Waals surface area contributed by atoms with Gasteiger partial charge >= 0.3 is 0 Å². The summed E-state index contributed by atoms with van der Waals surface area (Å²) < 4.78 is 5.70. The zero-order valence-corrected chi connectivity index (χ0v) is 22.5. The fraction of sp³-hybridized carbons (Fsp3) is 0.312. The van der Waals surface area contributed by atoms with Crippen LogP contribution in [-0.4, -0.2) is 52.8 Å². The molecule has 0 atom stereocenters. The smallest absolute Gasteiger partial charge is 0.260 e. The van der Waals surface area contributed by atoms with E-state index in [2.05, 4.69) is 48.3 Å². The van der Waals surface area contributed by atoms with Gasteiger partial charge in [-0.05, 0) is 48.6 Å². The Hall–Kier alpha value is -4.06. The van der Waals surface area contributed by atoms with Crippen LogP contribution in [0.15, 0.2) is 85.1 Å². The van der Waals surface area contributed by atoms with Crippen LogP contribution in [-0.2, 0) is 22.6 Å². The molecule has 0 aliphatic rings. The summed E-state index contributed by atoms with van der Waals surface area (Å²) in [5.41, 5.74) is 4.51. The Bertz CT molecular complexity index is 1330.